The summed E-state index contributed by atoms with van der Waals surface area (Å²) < 4.78 is 26.8. The van der Waals surface area contributed by atoms with Gasteiger partial charge in [-0.3, -0.25) is 5.84 Å². The van der Waals surface area contributed by atoms with E-state index < -0.39 is 10.0 Å². The first-order valence-corrected chi connectivity index (χ1v) is 7.08. The zero-order valence-electron chi connectivity index (χ0n) is 10.8. The fraction of sp³-hybridized carbons (Fsp3) is 0.455. The lowest BCUT2D eigenvalue weighted by Gasteiger charge is -2.20. The zero-order valence-corrected chi connectivity index (χ0v) is 11.7. The number of rotatable bonds is 6. The first-order chi connectivity index (χ1) is 8.38. The lowest BCUT2D eigenvalue weighted by molar-refractivity contribution is 0.314. The number of para-hydroxylation sites is 1. The van der Waals surface area contributed by atoms with Crippen LogP contribution in [0.4, 0.5) is 5.69 Å². The number of nitrogens with one attached hydrogen (secondary N) is 2. The number of sulfonamides is 1. The molecule has 6 nitrogen and oxygen atoms in total. The van der Waals surface area contributed by atoms with Crippen LogP contribution >= 0.6 is 0 Å². The molecule has 1 atom stereocenters. The molecule has 1 unspecified atom stereocenters. The molecule has 0 heterocycles. The molecule has 1 rings (SSSR count). The van der Waals surface area contributed by atoms with Crippen LogP contribution in [0.15, 0.2) is 29.2 Å². The molecule has 0 fully saturated rings. The Kier molecular flexibility index (Phi) is 5.09. The van der Waals surface area contributed by atoms with E-state index in [4.69, 9.17) is 5.84 Å². The van der Waals surface area contributed by atoms with Gasteiger partial charge in [-0.25, -0.2) is 13.1 Å². The van der Waals surface area contributed by atoms with E-state index >= 15 is 0 Å². The highest BCUT2D eigenvalue weighted by Crippen LogP contribution is 2.19. The lowest BCUT2D eigenvalue weighted by atomic mass is 10.3. The summed E-state index contributed by atoms with van der Waals surface area (Å²) in [6, 6.07) is 6.61. The quantitative estimate of drug-likeness (QED) is 0.509. The van der Waals surface area contributed by atoms with Crippen LogP contribution in [0, 0.1) is 0 Å². The molecule has 7 heteroatoms. The van der Waals surface area contributed by atoms with Gasteiger partial charge in [-0.05, 0) is 33.2 Å². The maximum absolute atomic E-state index is 12.1. The lowest BCUT2D eigenvalue weighted by Crippen LogP contribution is -2.38. The topological polar surface area (TPSA) is 87.5 Å². The number of nitrogen functional groups attached to an aromatic ring is 1. The van der Waals surface area contributed by atoms with Crippen molar-refractivity contribution in [1.82, 2.24) is 9.62 Å². The van der Waals surface area contributed by atoms with Gasteiger partial charge in [0.25, 0.3) is 0 Å². The van der Waals surface area contributed by atoms with Crippen LogP contribution in [0.3, 0.4) is 0 Å². The zero-order chi connectivity index (χ0) is 13.8. The summed E-state index contributed by atoms with van der Waals surface area (Å²) in [6.07, 6.45) is 0. The van der Waals surface area contributed by atoms with Gasteiger partial charge in [0, 0.05) is 12.6 Å². The van der Waals surface area contributed by atoms with E-state index in [2.05, 4.69) is 10.1 Å². The monoisotopic (exact) mass is 272 g/mol. The summed E-state index contributed by atoms with van der Waals surface area (Å²) in [5.74, 6) is 5.30. The van der Waals surface area contributed by atoms with E-state index in [-0.39, 0.29) is 10.9 Å². The molecule has 0 saturated heterocycles. The van der Waals surface area contributed by atoms with E-state index in [1.807, 2.05) is 25.9 Å². The van der Waals surface area contributed by atoms with Crippen molar-refractivity contribution in [2.45, 2.75) is 17.9 Å². The largest absolute Gasteiger partial charge is 0.323 e. The van der Waals surface area contributed by atoms with Gasteiger partial charge in [-0.15, -0.1) is 0 Å². The van der Waals surface area contributed by atoms with Gasteiger partial charge in [0.2, 0.25) is 10.0 Å². The summed E-state index contributed by atoms with van der Waals surface area (Å²) in [6.45, 7) is 2.28. The normalized spacial score (nSPS) is 13.6. The second-order valence-electron chi connectivity index (χ2n) is 4.31. The van der Waals surface area contributed by atoms with Crippen LogP contribution in [0.5, 0.6) is 0 Å². The second-order valence-corrected chi connectivity index (χ2v) is 6.04. The molecule has 0 aliphatic heterocycles. The summed E-state index contributed by atoms with van der Waals surface area (Å²) in [5.41, 5.74) is 2.76. The predicted molar refractivity (Wildman–Crippen MR) is 72.6 cm³/mol. The Morgan fingerprint density at radius 3 is 2.50 bits per heavy atom. The van der Waals surface area contributed by atoms with Gasteiger partial charge in [-0.2, -0.15) is 0 Å². The highest BCUT2D eigenvalue weighted by Gasteiger charge is 2.18. The number of benzene rings is 1. The molecule has 18 heavy (non-hydrogen) atoms. The third-order valence-corrected chi connectivity index (χ3v) is 4.26. The van der Waals surface area contributed by atoms with Gasteiger partial charge < -0.3 is 10.3 Å². The Bertz CT molecular complexity index is 488. The third-order valence-electron chi connectivity index (χ3n) is 2.78. The van der Waals surface area contributed by atoms with Crippen LogP contribution in [0.25, 0.3) is 0 Å². The van der Waals surface area contributed by atoms with Crippen LogP contribution in [-0.4, -0.2) is 40.0 Å². The van der Waals surface area contributed by atoms with Crippen LogP contribution in [0.1, 0.15) is 6.92 Å². The molecule has 1 aromatic carbocycles. The number of hydrogen-bond acceptors (Lipinski definition) is 5. The van der Waals surface area contributed by atoms with Crippen molar-refractivity contribution in [2.75, 3.05) is 26.1 Å². The molecule has 0 amide bonds. The molecule has 0 saturated carbocycles. The summed E-state index contributed by atoms with van der Waals surface area (Å²) in [5, 5.41) is 0. The van der Waals surface area contributed by atoms with Gasteiger partial charge in [-0.1, -0.05) is 12.1 Å². The van der Waals surface area contributed by atoms with Crippen LogP contribution in [-0.2, 0) is 10.0 Å². The Morgan fingerprint density at radius 2 is 1.94 bits per heavy atom. The molecule has 1 aromatic rings. The Morgan fingerprint density at radius 1 is 1.33 bits per heavy atom. The minimum absolute atomic E-state index is 0.109. The van der Waals surface area contributed by atoms with Crippen molar-refractivity contribution in [3.8, 4) is 0 Å². The van der Waals surface area contributed by atoms with E-state index in [0.717, 1.165) is 0 Å². The van der Waals surface area contributed by atoms with Crippen molar-refractivity contribution in [1.29, 1.82) is 0 Å². The minimum atomic E-state index is -3.55. The van der Waals surface area contributed by atoms with Crippen LogP contribution < -0.4 is 16.0 Å². The number of nitrogens with two attached hydrogens (primary N) is 1. The highest BCUT2D eigenvalue weighted by molar-refractivity contribution is 7.89. The SMILES string of the molecule is CC(CNS(=O)(=O)c1ccccc1NN)N(C)C. The molecule has 0 aliphatic rings. The maximum atomic E-state index is 12.1. The van der Waals surface area contributed by atoms with Gasteiger partial charge in [0.1, 0.15) is 4.90 Å². The Hall–Kier alpha value is -1.15. The van der Waals surface area contributed by atoms with E-state index in [9.17, 15) is 8.42 Å². The molecule has 0 radical (unpaired) electrons. The fourth-order valence-electron chi connectivity index (χ4n) is 1.31. The third kappa shape index (κ3) is 3.67. The van der Waals surface area contributed by atoms with Crippen molar-refractivity contribution in [2.24, 2.45) is 5.84 Å². The predicted octanol–water partition coefficient (Wildman–Crippen LogP) is 0.201. The molecular weight excluding hydrogens is 252 g/mol. The molecule has 0 spiro atoms. The van der Waals surface area contributed by atoms with E-state index in [1.54, 1.807) is 18.2 Å². The second kappa shape index (κ2) is 6.14. The average molecular weight is 272 g/mol. The van der Waals surface area contributed by atoms with Crippen molar-refractivity contribution < 1.29 is 8.42 Å². The number of hydrazine groups is 1. The Labute approximate surface area is 108 Å². The molecule has 102 valence electrons. The minimum Gasteiger partial charge on any atom is -0.323 e. The molecule has 4 N–H and O–H groups in total. The summed E-state index contributed by atoms with van der Waals surface area (Å²) >= 11 is 0. The summed E-state index contributed by atoms with van der Waals surface area (Å²) in [7, 11) is 0.244. The first-order valence-electron chi connectivity index (χ1n) is 5.60. The number of likely N-dealkylation sites (N-methyl/N-ethyl adjacent to an activating group) is 1. The van der Waals surface area contributed by atoms with Gasteiger partial charge >= 0.3 is 0 Å². The standard InChI is InChI=1S/C11H20N4O2S/c1-9(15(2)3)8-13-18(16,17)11-7-5-4-6-10(11)14-12/h4-7,9,13-14H,8,12H2,1-3H3. The van der Waals surface area contributed by atoms with Gasteiger partial charge in [0.15, 0.2) is 0 Å². The number of hydrogen-bond donors (Lipinski definition) is 3. The maximum Gasteiger partial charge on any atom is 0.242 e. The summed E-state index contributed by atoms with van der Waals surface area (Å²) in [4.78, 5) is 2.09. The first kappa shape index (κ1) is 14.9. The number of nitrogens with zero attached hydrogens (tertiary/aromatic N) is 1. The Balaban J connectivity index is 2.87. The van der Waals surface area contributed by atoms with Crippen molar-refractivity contribution in [3.63, 3.8) is 0 Å². The molecule has 0 aliphatic carbocycles. The highest BCUT2D eigenvalue weighted by atomic mass is 32.2. The molecule has 0 aromatic heterocycles. The number of anilines is 1. The smallest absolute Gasteiger partial charge is 0.242 e. The van der Waals surface area contributed by atoms with E-state index in [1.165, 1.54) is 6.07 Å². The molecule has 0 bridgehead atoms. The van der Waals surface area contributed by atoms with Crippen molar-refractivity contribution >= 4 is 15.7 Å². The molecular formula is C11H20N4O2S. The fourth-order valence-corrected chi connectivity index (χ4v) is 2.60. The van der Waals surface area contributed by atoms with Crippen molar-refractivity contribution in [3.05, 3.63) is 24.3 Å². The average Bonchev–Trinajstić information content (AvgIpc) is 2.35. The van der Waals surface area contributed by atoms with E-state index in [0.29, 0.717) is 12.2 Å². The van der Waals surface area contributed by atoms with Gasteiger partial charge in [0.05, 0.1) is 5.69 Å². The van der Waals surface area contributed by atoms with Crippen LogP contribution in [0.2, 0.25) is 0 Å².